The summed E-state index contributed by atoms with van der Waals surface area (Å²) < 4.78 is 5.50. The second kappa shape index (κ2) is 6.07. The van der Waals surface area contributed by atoms with Crippen LogP contribution >= 0.6 is 11.6 Å². The third-order valence-electron chi connectivity index (χ3n) is 3.58. The highest BCUT2D eigenvalue weighted by Gasteiger charge is 2.11. The van der Waals surface area contributed by atoms with Crippen molar-refractivity contribution in [2.45, 2.75) is 12.8 Å². The molecule has 2 aromatic carbocycles. The normalized spacial score (nSPS) is 12.4. The van der Waals surface area contributed by atoms with Crippen molar-refractivity contribution in [3.63, 3.8) is 0 Å². The predicted octanol–water partition coefficient (Wildman–Crippen LogP) is 3.80. The van der Waals surface area contributed by atoms with Crippen LogP contribution in [0.3, 0.4) is 0 Å². The fourth-order valence-electron chi connectivity index (χ4n) is 2.47. The van der Waals surface area contributed by atoms with E-state index in [-0.39, 0.29) is 0 Å². The van der Waals surface area contributed by atoms with Gasteiger partial charge in [0.1, 0.15) is 5.75 Å². The quantitative estimate of drug-likeness (QED) is 0.934. The van der Waals surface area contributed by atoms with Crippen LogP contribution in [0.25, 0.3) is 0 Å². The van der Waals surface area contributed by atoms with E-state index in [0.29, 0.717) is 10.6 Å². The van der Waals surface area contributed by atoms with Crippen molar-refractivity contribution in [2.75, 3.05) is 18.5 Å². The molecule has 0 saturated heterocycles. The molecule has 1 heterocycles. The Kier molecular flexibility index (Phi) is 3.98. The molecule has 1 aliphatic heterocycles. The van der Waals surface area contributed by atoms with Gasteiger partial charge >= 0.3 is 0 Å². The van der Waals surface area contributed by atoms with E-state index in [0.717, 1.165) is 37.4 Å². The summed E-state index contributed by atoms with van der Waals surface area (Å²) in [6.07, 6.45) is 1.90. The van der Waals surface area contributed by atoms with Crippen molar-refractivity contribution in [1.82, 2.24) is 0 Å². The molecule has 0 unspecified atom stereocenters. The van der Waals surface area contributed by atoms with Crippen LogP contribution in [0, 0.1) is 11.3 Å². The standard InChI is InChI=1S/C17H15ClN2O/c18-15-3-1-13(11-19)10-16(15)20-7-5-12-2-4-17-14(9-12)6-8-21-17/h1-4,9-10,20H,5-8H2. The van der Waals surface area contributed by atoms with E-state index in [1.165, 1.54) is 11.1 Å². The van der Waals surface area contributed by atoms with Crippen LogP contribution in [0.5, 0.6) is 5.75 Å². The minimum Gasteiger partial charge on any atom is -0.493 e. The second-order valence-corrected chi connectivity index (χ2v) is 5.43. The van der Waals surface area contributed by atoms with Crippen molar-refractivity contribution >= 4 is 17.3 Å². The van der Waals surface area contributed by atoms with Crippen LogP contribution in [0.4, 0.5) is 5.69 Å². The number of halogens is 1. The lowest BCUT2D eigenvalue weighted by Crippen LogP contribution is -2.05. The number of fused-ring (bicyclic) bond motifs is 1. The van der Waals surface area contributed by atoms with Crippen LogP contribution in [-0.4, -0.2) is 13.2 Å². The molecule has 1 aliphatic rings. The summed E-state index contributed by atoms with van der Waals surface area (Å²) in [6, 6.07) is 13.7. The minimum absolute atomic E-state index is 0.608. The van der Waals surface area contributed by atoms with Crippen LogP contribution in [-0.2, 0) is 12.8 Å². The summed E-state index contributed by atoms with van der Waals surface area (Å²) in [7, 11) is 0. The van der Waals surface area contributed by atoms with Gasteiger partial charge in [0.2, 0.25) is 0 Å². The zero-order chi connectivity index (χ0) is 14.7. The number of rotatable bonds is 4. The summed E-state index contributed by atoms with van der Waals surface area (Å²) in [6.45, 7) is 1.56. The average Bonchev–Trinajstić information content (AvgIpc) is 2.97. The third kappa shape index (κ3) is 3.12. The zero-order valence-electron chi connectivity index (χ0n) is 11.5. The number of hydrogen-bond acceptors (Lipinski definition) is 3. The molecule has 0 amide bonds. The molecule has 0 bridgehead atoms. The molecule has 3 nitrogen and oxygen atoms in total. The Labute approximate surface area is 129 Å². The van der Waals surface area contributed by atoms with E-state index >= 15 is 0 Å². The van der Waals surface area contributed by atoms with Crippen molar-refractivity contribution in [3.8, 4) is 11.8 Å². The number of ether oxygens (including phenoxy) is 1. The third-order valence-corrected chi connectivity index (χ3v) is 3.91. The molecular weight excluding hydrogens is 284 g/mol. The summed E-state index contributed by atoms with van der Waals surface area (Å²) in [5, 5.41) is 12.8. The van der Waals surface area contributed by atoms with E-state index in [1.54, 1.807) is 18.2 Å². The number of anilines is 1. The van der Waals surface area contributed by atoms with Crippen LogP contribution in [0.1, 0.15) is 16.7 Å². The predicted molar refractivity (Wildman–Crippen MR) is 84.0 cm³/mol. The lowest BCUT2D eigenvalue weighted by Gasteiger charge is -2.09. The van der Waals surface area contributed by atoms with Crippen LogP contribution in [0.2, 0.25) is 5.02 Å². The molecular formula is C17H15ClN2O. The molecule has 0 spiro atoms. The molecule has 106 valence electrons. The Hall–Kier alpha value is -2.18. The van der Waals surface area contributed by atoms with E-state index in [1.807, 2.05) is 6.07 Å². The number of benzene rings is 2. The first-order valence-electron chi connectivity index (χ1n) is 6.94. The Morgan fingerprint density at radius 1 is 1.24 bits per heavy atom. The minimum atomic E-state index is 0.608. The molecule has 0 fully saturated rings. The van der Waals surface area contributed by atoms with Gasteiger partial charge in [-0.15, -0.1) is 0 Å². The fourth-order valence-corrected chi connectivity index (χ4v) is 2.65. The molecule has 4 heteroatoms. The Balaban J connectivity index is 1.63. The van der Waals surface area contributed by atoms with Gasteiger partial charge in [-0.25, -0.2) is 0 Å². The summed E-state index contributed by atoms with van der Waals surface area (Å²) >= 11 is 6.12. The first-order chi connectivity index (χ1) is 10.3. The Bertz CT molecular complexity index is 706. The SMILES string of the molecule is N#Cc1ccc(Cl)c(NCCc2ccc3c(c2)CCO3)c1. The fraction of sp³-hybridized carbons (Fsp3) is 0.235. The van der Waals surface area contributed by atoms with Gasteiger partial charge in [0.05, 0.1) is 28.9 Å². The molecule has 0 radical (unpaired) electrons. The van der Waals surface area contributed by atoms with Crippen molar-refractivity contribution in [2.24, 2.45) is 0 Å². The number of nitrogens with zero attached hydrogens (tertiary/aromatic N) is 1. The van der Waals surface area contributed by atoms with Crippen LogP contribution in [0.15, 0.2) is 36.4 Å². The van der Waals surface area contributed by atoms with Gasteiger partial charge < -0.3 is 10.1 Å². The van der Waals surface area contributed by atoms with Gasteiger partial charge in [0.15, 0.2) is 0 Å². The lowest BCUT2D eigenvalue weighted by molar-refractivity contribution is 0.357. The molecule has 21 heavy (non-hydrogen) atoms. The first-order valence-corrected chi connectivity index (χ1v) is 7.32. The Morgan fingerprint density at radius 3 is 3.00 bits per heavy atom. The van der Waals surface area contributed by atoms with Crippen molar-refractivity contribution < 1.29 is 4.74 Å². The molecule has 0 atom stereocenters. The van der Waals surface area contributed by atoms with Gasteiger partial charge in [-0.1, -0.05) is 23.7 Å². The number of hydrogen-bond donors (Lipinski definition) is 1. The van der Waals surface area contributed by atoms with E-state index < -0.39 is 0 Å². The van der Waals surface area contributed by atoms with E-state index in [4.69, 9.17) is 21.6 Å². The Morgan fingerprint density at radius 2 is 2.14 bits per heavy atom. The van der Waals surface area contributed by atoms with Gasteiger partial charge in [0, 0.05) is 13.0 Å². The molecule has 0 aliphatic carbocycles. The topological polar surface area (TPSA) is 45.0 Å². The van der Waals surface area contributed by atoms with Crippen molar-refractivity contribution in [1.29, 1.82) is 5.26 Å². The summed E-state index contributed by atoms with van der Waals surface area (Å²) in [4.78, 5) is 0. The van der Waals surface area contributed by atoms with Crippen LogP contribution < -0.4 is 10.1 Å². The summed E-state index contributed by atoms with van der Waals surface area (Å²) in [5.74, 6) is 1.01. The summed E-state index contributed by atoms with van der Waals surface area (Å²) in [5.41, 5.74) is 3.98. The highest BCUT2D eigenvalue weighted by molar-refractivity contribution is 6.33. The zero-order valence-corrected chi connectivity index (χ0v) is 12.3. The second-order valence-electron chi connectivity index (χ2n) is 5.02. The van der Waals surface area contributed by atoms with Gasteiger partial charge in [-0.2, -0.15) is 5.26 Å². The maximum Gasteiger partial charge on any atom is 0.122 e. The maximum absolute atomic E-state index is 8.91. The van der Waals surface area contributed by atoms with Crippen molar-refractivity contribution in [3.05, 3.63) is 58.1 Å². The molecule has 0 aromatic heterocycles. The molecule has 3 rings (SSSR count). The molecule has 2 aromatic rings. The van der Waals surface area contributed by atoms with E-state index in [2.05, 4.69) is 23.5 Å². The lowest BCUT2D eigenvalue weighted by atomic mass is 10.1. The van der Waals surface area contributed by atoms with Gasteiger partial charge in [0.25, 0.3) is 0 Å². The average molecular weight is 299 g/mol. The number of nitriles is 1. The highest BCUT2D eigenvalue weighted by Crippen LogP contribution is 2.26. The smallest absolute Gasteiger partial charge is 0.122 e. The maximum atomic E-state index is 8.91. The molecule has 0 saturated carbocycles. The van der Waals surface area contributed by atoms with Gasteiger partial charge in [-0.05, 0) is 41.8 Å². The highest BCUT2D eigenvalue weighted by atomic mass is 35.5. The monoisotopic (exact) mass is 298 g/mol. The van der Waals surface area contributed by atoms with E-state index in [9.17, 15) is 0 Å². The molecule has 1 N–H and O–H groups in total. The number of nitrogens with one attached hydrogen (secondary N) is 1. The van der Waals surface area contributed by atoms with Gasteiger partial charge in [-0.3, -0.25) is 0 Å². The first kappa shape index (κ1) is 13.8. The largest absolute Gasteiger partial charge is 0.493 e.